The van der Waals surface area contributed by atoms with E-state index in [-0.39, 0.29) is 18.0 Å². The Labute approximate surface area is 164 Å². The highest BCUT2D eigenvalue weighted by molar-refractivity contribution is 5.76. The van der Waals surface area contributed by atoms with E-state index in [2.05, 4.69) is 5.32 Å². The van der Waals surface area contributed by atoms with Gasteiger partial charge in [0.2, 0.25) is 5.91 Å². The van der Waals surface area contributed by atoms with Crippen LogP contribution >= 0.6 is 0 Å². The van der Waals surface area contributed by atoms with Crippen molar-refractivity contribution in [2.75, 3.05) is 39.7 Å². The van der Waals surface area contributed by atoms with Gasteiger partial charge in [0.1, 0.15) is 5.69 Å². The second kappa shape index (κ2) is 10.1. The third-order valence-electron chi connectivity index (χ3n) is 4.36. The molecule has 1 N–H and O–H groups in total. The molecule has 2 aromatic carbocycles. The largest absolute Gasteiger partial charge is 0.493 e. The number of carbonyl (C=O) groups excluding carboxylic acids is 1. The standard InChI is InChI=1S/C20H25N3O5/c1-22(13-11-15-8-9-18(27-2)19(14-15)28-3)20(24)10-12-21-16-6-4-5-7-17(16)23(25)26/h4-9,14,21H,10-13H2,1-3H3. The predicted molar refractivity (Wildman–Crippen MR) is 107 cm³/mol. The van der Waals surface area contributed by atoms with Gasteiger partial charge in [0.25, 0.3) is 5.69 Å². The molecule has 0 saturated heterocycles. The number of likely N-dealkylation sites (N-methyl/N-ethyl adjacent to an activating group) is 1. The molecule has 0 radical (unpaired) electrons. The minimum atomic E-state index is -0.445. The van der Waals surface area contributed by atoms with Crippen LogP contribution in [0.25, 0.3) is 0 Å². The zero-order valence-electron chi connectivity index (χ0n) is 16.3. The van der Waals surface area contributed by atoms with E-state index in [1.165, 1.54) is 6.07 Å². The van der Waals surface area contributed by atoms with Crippen molar-refractivity contribution in [3.05, 3.63) is 58.1 Å². The van der Waals surface area contributed by atoms with Crippen LogP contribution in [0.3, 0.4) is 0 Å². The molecule has 8 heteroatoms. The van der Waals surface area contributed by atoms with E-state index in [4.69, 9.17) is 9.47 Å². The van der Waals surface area contributed by atoms with E-state index < -0.39 is 4.92 Å². The van der Waals surface area contributed by atoms with Gasteiger partial charge in [-0.25, -0.2) is 0 Å². The molecular formula is C20H25N3O5. The van der Waals surface area contributed by atoms with Crippen LogP contribution in [-0.4, -0.2) is 50.1 Å². The second-order valence-electron chi connectivity index (χ2n) is 6.21. The molecule has 150 valence electrons. The van der Waals surface area contributed by atoms with Crippen molar-refractivity contribution in [3.8, 4) is 11.5 Å². The maximum absolute atomic E-state index is 12.3. The number of para-hydroxylation sites is 2. The lowest BCUT2D eigenvalue weighted by Gasteiger charge is -2.18. The van der Waals surface area contributed by atoms with Crippen LogP contribution in [0.1, 0.15) is 12.0 Å². The van der Waals surface area contributed by atoms with Crippen molar-refractivity contribution in [2.45, 2.75) is 12.8 Å². The zero-order chi connectivity index (χ0) is 20.5. The van der Waals surface area contributed by atoms with Crippen LogP contribution in [0.4, 0.5) is 11.4 Å². The van der Waals surface area contributed by atoms with E-state index in [0.29, 0.717) is 36.7 Å². The van der Waals surface area contributed by atoms with Crippen molar-refractivity contribution < 1.29 is 19.2 Å². The van der Waals surface area contributed by atoms with E-state index >= 15 is 0 Å². The number of carbonyl (C=O) groups is 1. The quantitative estimate of drug-likeness (QED) is 0.497. The van der Waals surface area contributed by atoms with Gasteiger partial charge >= 0.3 is 0 Å². The maximum Gasteiger partial charge on any atom is 0.292 e. The topological polar surface area (TPSA) is 93.9 Å². The number of hydrogen-bond donors (Lipinski definition) is 1. The molecule has 0 aliphatic heterocycles. The summed E-state index contributed by atoms with van der Waals surface area (Å²) in [5.41, 5.74) is 1.44. The predicted octanol–water partition coefficient (Wildman–Crippen LogP) is 3.12. The first kappa shape index (κ1) is 21.0. The van der Waals surface area contributed by atoms with Crippen LogP contribution in [0, 0.1) is 10.1 Å². The van der Waals surface area contributed by atoms with E-state index in [9.17, 15) is 14.9 Å². The van der Waals surface area contributed by atoms with Gasteiger partial charge in [-0.15, -0.1) is 0 Å². The zero-order valence-corrected chi connectivity index (χ0v) is 16.3. The Kier molecular flexibility index (Phi) is 7.62. The van der Waals surface area contributed by atoms with Gasteiger partial charge in [-0.05, 0) is 30.2 Å². The molecule has 0 unspecified atom stereocenters. The molecule has 0 spiro atoms. The molecule has 2 aromatic rings. The summed E-state index contributed by atoms with van der Waals surface area (Å²) in [5, 5.41) is 14.0. The summed E-state index contributed by atoms with van der Waals surface area (Å²) in [6.45, 7) is 0.879. The minimum absolute atomic E-state index is 0.00300. The fourth-order valence-electron chi connectivity index (χ4n) is 2.73. The minimum Gasteiger partial charge on any atom is -0.493 e. The molecular weight excluding hydrogens is 362 g/mol. The third-order valence-corrected chi connectivity index (χ3v) is 4.36. The summed E-state index contributed by atoms with van der Waals surface area (Å²) in [4.78, 5) is 24.5. The summed E-state index contributed by atoms with van der Waals surface area (Å²) in [7, 11) is 4.91. The van der Waals surface area contributed by atoms with Crippen LogP contribution in [0.5, 0.6) is 11.5 Å². The third kappa shape index (κ3) is 5.60. The SMILES string of the molecule is COc1ccc(CCN(C)C(=O)CCNc2ccccc2[N+](=O)[O-])cc1OC. The Morgan fingerprint density at radius 1 is 1.14 bits per heavy atom. The van der Waals surface area contributed by atoms with Gasteiger partial charge in [0.15, 0.2) is 11.5 Å². The van der Waals surface area contributed by atoms with Crippen LogP contribution < -0.4 is 14.8 Å². The Morgan fingerprint density at radius 2 is 1.86 bits per heavy atom. The number of amides is 1. The first-order valence-electron chi connectivity index (χ1n) is 8.88. The Morgan fingerprint density at radius 3 is 2.54 bits per heavy atom. The second-order valence-corrected chi connectivity index (χ2v) is 6.21. The molecule has 0 heterocycles. The van der Waals surface area contributed by atoms with E-state index in [1.807, 2.05) is 18.2 Å². The van der Waals surface area contributed by atoms with Gasteiger partial charge in [-0.3, -0.25) is 14.9 Å². The highest BCUT2D eigenvalue weighted by Gasteiger charge is 2.13. The number of nitro benzene ring substituents is 1. The molecule has 0 aliphatic rings. The molecule has 28 heavy (non-hydrogen) atoms. The molecule has 0 aromatic heterocycles. The lowest BCUT2D eigenvalue weighted by Crippen LogP contribution is -2.30. The summed E-state index contributed by atoms with van der Waals surface area (Å²) < 4.78 is 10.5. The molecule has 0 fully saturated rings. The van der Waals surface area contributed by atoms with Gasteiger partial charge in [0, 0.05) is 32.6 Å². The number of nitrogens with one attached hydrogen (secondary N) is 1. The summed E-state index contributed by atoms with van der Waals surface area (Å²) in [6, 6.07) is 12.1. The highest BCUT2D eigenvalue weighted by Crippen LogP contribution is 2.27. The normalized spacial score (nSPS) is 10.2. The van der Waals surface area contributed by atoms with Crippen molar-refractivity contribution in [1.29, 1.82) is 0 Å². The number of anilines is 1. The lowest BCUT2D eigenvalue weighted by molar-refractivity contribution is -0.384. The van der Waals surface area contributed by atoms with E-state index in [0.717, 1.165) is 5.56 Å². The Balaban J connectivity index is 1.83. The molecule has 0 atom stereocenters. The first-order chi connectivity index (χ1) is 13.5. The number of hydrogen-bond acceptors (Lipinski definition) is 6. The number of ether oxygens (including phenoxy) is 2. The smallest absolute Gasteiger partial charge is 0.292 e. The van der Waals surface area contributed by atoms with Crippen molar-refractivity contribution >= 4 is 17.3 Å². The number of nitrogens with zero attached hydrogens (tertiary/aromatic N) is 2. The van der Waals surface area contributed by atoms with Crippen molar-refractivity contribution in [3.63, 3.8) is 0 Å². The summed E-state index contributed by atoms with van der Waals surface area (Å²) >= 11 is 0. The molecule has 1 amide bonds. The van der Waals surface area contributed by atoms with Crippen molar-refractivity contribution in [1.82, 2.24) is 4.90 Å². The fourth-order valence-corrected chi connectivity index (χ4v) is 2.73. The lowest BCUT2D eigenvalue weighted by atomic mass is 10.1. The number of methoxy groups -OCH3 is 2. The number of nitro groups is 1. The average molecular weight is 387 g/mol. The van der Waals surface area contributed by atoms with E-state index in [1.54, 1.807) is 44.4 Å². The first-order valence-corrected chi connectivity index (χ1v) is 8.88. The summed E-state index contributed by atoms with van der Waals surface area (Å²) in [5.74, 6) is 1.28. The van der Waals surface area contributed by atoms with Crippen molar-refractivity contribution in [2.24, 2.45) is 0 Å². The maximum atomic E-state index is 12.3. The number of benzene rings is 2. The Bertz CT molecular complexity index is 825. The fraction of sp³-hybridized carbons (Fsp3) is 0.350. The van der Waals surface area contributed by atoms with Crippen LogP contribution in [0.2, 0.25) is 0 Å². The van der Waals surface area contributed by atoms with Crippen LogP contribution in [-0.2, 0) is 11.2 Å². The average Bonchev–Trinajstić information content (AvgIpc) is 2.71. The molecule has 0 aliphatic carbocycles. The molecule has 0 saturated carbocycles. The Hall–Kier alpha value is -3.29. The van der Waals surface area contributed by atoms with Gasteiger partial charge < -0.3 is 19.7 Å². The van der Waals surface area contributed by atoms with Gasteiger partial charge in [-0.2, -0.15) is 0 Å². The van der Waals surface area contributed by atoms with Gasteiger partial charge in [0.05, 0.1) is 19.1 Å². The van der Waals surface area contributed by atoms with Gasteiger partial charge in [-0.1, -0.05) is 18.2 Å². The molecule has 8 nitrogen and oxygen atoms in total. The molecule has 2 rings (SSSR count). The summed E-state index contributed by atoms with van der Waals surface area (Å²) in [6.07, 6.45) is 0.925. The highest BCUT2D eigenvalue weighted by atomic mass is 16.6. The number of rotatable bonds is 10. The molecule has 0 bridgehead atoms. The monoisotopic (exact) mass is 387 g/mol. The van der Waals surface area contributed by atoms with Crippen LogP contribution in [0.15, 0.2) is 42.5 Å².